The second kappa shape index (κ2) is 7.40. The van der Waals surface area contributed by atoms with Crippen molar-refractivity contribution in [2.45, 2.75) is 19.9 Å². The van der Waals surface area contributed by atoms with Gasteiger partial charge in [0.1, 0.15) is 0 Å². The molecular formula is C16H25ClN4O. The number of piperazine rings is 1. The molecule has 0 saturated carbocycles. The number of nitrogens with one attached hydrogen (secondary N) is 1. The zero-order chi connectivity index (χ0) is 14.7. The number of rotatable bonds is 3. The molecule has 0 radical (unpaired) electrons. The minimum absolute atomic E-state index is 0. The van der Waals surface area contributed by atoms with Crippen LogP contribution >= 0.6 is 12.4 Å². The summed E-state index contributed by atoms with van der Waals surface area (Å²) >= 11 is 0. The number of nitrogens with zero attached hydrogens (tertiary/aromatic N) is 3. The van der Waals surface area contributed by atoms with Crippen LogP contribution in [0, 0.1) is 5.41 Å². The molecule has 2 aliphatic rings. The van der Waals surface area contributed by atoms with E-state index in [2.05, 4.69) is 28.2 Å². The Kier molecular flexibility index (Phi) is 5.78. The van der Waals surface area contributed by atoms with Crippen molar-refractivity contribution in [1.29, 1.82) is 0 Å². The predicted molar refractivity (Wildman–Crippen MR) is 88.9 cm³/mol. The Morgan fingerprint density at radius 1 is 1.36 bits per heavy atom. The average Bonchev–Trinajstić information content (AvgIpc) is 2.96. The van der Waals surface area contributed by atoms with E-state index in [4.69, 9.17) is 0 Å². The van der Waals surface area contributed by atoms with Gasteiger partial charge in [0.2, 0.25) is 5.91 Å². The van der Waals surface area contributed by atoms with Gasteiger partial charge in [-0.3, -0.25) is 14.7 Å². The van der Waals surface area contributed by atoms with Gasteiger partial charge in [0.05, 0.1) is 5.41 Å². The van der Waals surface area contributed by atoms with Crippen LogP contribution in [0.5, 0.6) is 0 Å². The maximum absolute atomic E-state index is 12.6. The maximum atomic E-state index is 12.6. The summed E-state index contributed by atoms with van der Waals surface area (Å²) in [6, 6.07) is 4.08. The van der Waals surface area contributed by atoms with Crippen LogP contribution in [0.1, 0.15) is 18.9 Å². The van der Waals surface area contributed by atoms with Crippen LogP contribution in [0.3, 0.4) is 0 Å². The minimum Gasteiger partial charge on any atom is -0.340 e. The van der Waals surface area contributed by atoms with Crippen molar-refractivity contribution in [3.05, 3.63) is 30.1 Å². The van der Waals surface area contributed by atoms with Crippen LogP contribution in [-0.4, -0.2) is 60.0 Å². The highest BCUT2D eigenvalue weighted by Gasteiger charge is 2.39. The van der Waals surface area contributed by atoms with E-state index in [1.807, 2.05) is 17.2 Å². The summed E-state index contributed by atoms with van der Waals surface area (Å²) in [6.45, 7) is 8.38. The van der Waals surface area contributed by atoms with Gasteiger partial charge < -0.3 is 10.2 Å². The Morgan fingerprint density at radius 2 is 2.14 bits per heavy atom. The van der Waals surface area contributed by atoms with Crippen molar-refractivity contribution in [1.82, 2.24) is 20.1 Å². The Balaban J connectivity index is 0.00000176. The van der Waals surface area contributed by atoms with E-state index < -0.39 is 0 Å². The van der Waals surface area contributed by atoms with Crippen molar-refractivity contribution < 1.29 is 4.79 Å². The van der Waals surface area contributed by atoms with Crippen LogP contribution in [-0.2, 0) is 11.3 Å². The van der Waals surface area contributed by atoms with Gasteiger partial charge in [0, 0.05) is 51.7 Å². The third-order valence-corrected chi connectivity index (χ3v) is 4.67. The van der Waals surface area contributed by atoms with E-state index in [0.29, 0.717) is 5.91 Å². The van der Waals surface area contributed by atoms with Crippen LogP contribution < -0.4 is 5.32 Å². The molecule has 0 bridgehead atoms. The smallest absolute Gasteiger partial charge is 0.229 e. The molecule has 1 unspecified atom stereocenters. The van der Waals surface area contributed by atoms with E-state index in [1.54, 1.807) is 6.20 Å². The second-order valence-electron chi connectivity index (χ2n) is 6.42. The van der Waals surface area contributed by atoms with Gasteiger partial charge in [-0.2, -0.15) is 0 Å². The first kappa shape index (κ1) is 17.2. The molecule has 1 aromatic heterocycles. The third kappa shape index (κ3) is 3.77. The van der Waals surface area contributed by atoms with Gasteiger partial charge in [-0.1, -0.05) is 6.07 Å². The topological polar surface area (TPSA) is 48.5 Å². The van der Waals surface area contributed by atoms with Crippen LogP contribution in [0.4, 0.5) is 0 Å². The number of pyridine rings is 1. The Labute approximate surface area is 138 Å². The van der Waals surface area contributed by atoms with Crippen LogP contribution in [0.15, 0.2) is 24.5 Å². The molecule has 3 heterocycles. The number of amides is 1. The van der Waals surface area contributed by atoms with Crippen LogP contribution in [0.2, 0.25) is 0 Å². The second-order valence-corrected chi connectivity index (χ2v) is 6.42. The number of halogens is 1. The summed E-state index contributed by atoms with van der Waals surface area (Å²) in [5.41, 5.74) is 1.05. The van der Waals surface area contributed by atoms with E-state index in [-0.39, 0.29) is 17.8 Å². The number of hydrogen-bond donors (Lipinski definition) is 1. The molecule has 2 fully saturated rings. The Bertz CT molecular complexity index is 482. The lowest BCUT2D eigenvalue weighted by Gasteiger charge is -2.38. The molecule has 122 valence electrons. The van der Waals surface area contributed by atoms with Gasteiger partial charge in [0.15, 0.2) is 0 Å². The first-order chi connectivity index (χ1) is 10.2. The predicted octanol–water partition coefficient (Wildman–Crippen LogP) is 1.15. The molecular weight excluding hydrogens is 300 g/mol. The van der Waals surface area contributed by atoms with E-state index in [0.717, 1.165) is 52.2 Å². The molecule has 0 aromatic carbocycles. The molecule has 1 amide bonds. The molecule has 1 atom stereocenters. The highest BCUT2D eigenvalue weighted by Crippen LogP contribution is 2.27. The Morgan fingerprint density at radius 3 is 2.73 bits per heavy atom. The molecule has 6 heteroatoms. The SMILES string of the molecule is CC1(C(=O)N2CCN(Cc3cccnc3)CC2)CCNC1.Cl. The highest BCUT2D eigenvalue weighted by atomic mass is 35.5. The number of hydrogen-bond acceptors (Lipinski definition) is 4. The van der Waals surface area contributed by atoms with Crippen molar-refractivity contribution in [3.63, 3.8) is 0 Å². The van der Waals surface area contributed by atoms with Gasteiger partial charge in [-0.05, 0) is 31.5 Å². The normalized spacial score (nSPS) is 25.8. The molecule has 1 aromatic rings. The molecule has 2 aliphatic heterocycles. The molecule has 22 heavy (non-hydrogen) atoms. The largest absolute Gasteiger partial charge is 0.340 e. The molecule has 5 nitrogen and oxygen atoms in total. The van der Waals surface area contributed by atoms with Gasteiger partial charge in [-0.15, -0.1) is 12.4 Å². The van der Waals surface area contributed by atoms with E-state index in [1.165, 1.54) is 5.56 Å². The first-order valence-electron chi connectivity index (χ1n) is 7.79. The zero-order valence-electron chi connectivity index (χ0n) is 13.1. The zero-order valence-corrected chi connectivity index (χ0v) is 13.9. The highest BCUT2D eigenvalue weighted by molar-refractivity contribution is 5.85. The fourth-order valence-corrected chi connectivity index (χ4v) is 3.24. The van der Waals surface area contributed by atoms with Crippen molar-refractivity contribution in [3.8, 4) is 0 Å². The minimum atomic E-state index is -0.189. The first-order valence-corrected chi connectivity index (χ1v) is 7.79. The summed E-state index contributed by atoms with van der Waals surface area (Å²) in [7, 11) is 0. The molecule has 1 N–H and O–H groups in total. The maximum Gasteiger partial charge on any atom is 0.229 e. The number of aromatic nitrogens is 1. The molecule has 0 aliphatic carbocycles. The molecule has 2 saturated heterocycles. The van der Waals surface area contributed by atoms with Gasteiger partial charge in [-0.25, -0.2) is 0 Å². The van der Waals surface area contributed by atoms with Crippen LogP contribution in [0.25, 0.3) is 0 Å². The Hall–Kier alpha value is -1.17. The fourth-order valence-electron chi connectivity index (χ4n) is 3.24. The van der Waals surface area contributed by atoms with Crippen molar-refractivity contribution in [2.24, 2.45) is 5.41 Å². The van der Waals surface area contributed by atoms with E-state index in [9.17, 15) is 4.79 Å². The fraction of sp³-hybridized carbons (Fsp3) is 0.625. The number of carbonyl (C=O) groups excluding carboxylic acids is 1. The summed E-state index contributed by atoms with van der Waals surface area (Å²) in [5, 5.41) is 3.31. The lowest BCUT2D eigenvalue weighted by Crippen LogP contribution is -2.52. The molecule has 0 spiro atoms. The van der Waals surface area contributed by atoms with Gasteiger partial charge in [0.25, 0.3) is 0 Å². The standard InChI is InChI=1S/C16H24N4O.ClH/c1-16(4-6-18-13-16)15(21)20-9-7-19(8-10-20)12-14-3-2-5-17-11-14;/h2-3,5,11,18H,4,6-10,12-13H2,1H3;1H. The summed E-state index contributed by atoms with van der Waals surface area (Å²) in [4.78, 5) is 21.2. The lowest BCUT2D eigenvalue weighted by molar-refractivity contribution is -0.142. The van der Waals surface area contributed by atoms with Gasteiger partial charge >= 0.3 is 0 Å². The summed E-state index contributed by atoms with van der Waals surface area (Å²) < 4.78 is 0. The van der Waals surface area contributed by atoms with Crippen molar-refractivity contribution >= 4 is 18.3 Å². The lowest BCUT2D eigenvalue weighted by atomic mass is 9.88. The summed E-state index contributed by atoms with van der Waals surface area (Å²) in [6.07, 6.45) is 4.68. The quantitative estimate of drug-likeness (QED) is 0.906. The number of carbonyl (C=O) groups is 1. The third-order valence-electron chi connectivity index (χ3n) is 4.67. The molecule has 3 rings (SSSR count). The van der Waals surface area contributed by atoms with Crippen molar-refractivity contribution in [2.75, 3.05) is 39.3 Å². The summed E-state index contributed by atoms with van der Waals surface area (Å²) in [5.74, 6) is 0.327. The monoisotopic (exact) mass is 324 g/mol. The van der Waals surface area contributed by atoms with E-state index >= 15 is 0 Å². The average molecular weight is 325 g/mol.